The number of ether oxygens (including phenoxy) is 2. The summed E-state index contributed by atoms with van der Waals surface area (Å²) in [5.74, 6) is -0.948. The second-order valence-electron chi connectivity index (χ2n) is 2.74. The molecule has 0 bridgehead atoms. The van der Waals surface area contributed by atoms with Gasteiger partial charge >= 0.3 is 5.97 Å². The van der Waals surface area contributed by atoms with Crippen LogP contribution >= 0.6 is 0 Å². The van der Waals surface area contributed by atoms with Crippen LogP contribution in [0.25, 0.3) is 0 Å². The highest BCUT2D eigenvalue weighted by Gasteiger charge is 2.37. The SMILES string of the molecule is COC1C(O)COC1CC(=O)O. The summed E-state index contributed by atoms with van der Waals surface area (Å²) >= 11 is 0. The monoisotopic (exact) mass is 176 g/mol. The van der Waals surface area contributed by atoms with Gasteiger partial charge < -0.3 is 19.7 Å². The molecular formula is C7H12O5. The van der Waals surface area contributed by atoms with Gasteiger partial charge in [-0.15, -0.1) is 0 Å². The van der Waals surface area contributed by atoms with Gasteiger partial charge in [-0.05, 0) is 0 Å². The summed E-state index contributed by atoms with van der Waals surface area (Å²) in [7, 11) is 1.43. The van der Waals surface area contributed by atoms with Crippen molar-refractivity contribution in [1.82, 2.24) is 0 Å². The third-order valence-corrected chi connectivity index (χ3v) is 1.87. The smallest absolute Gasteiger partial charge is 0.306 e. The van der Waals surface area contributed by atoms with Gasteiger partial charge in [0.15, 0.2) is 0 Å². The van der Waals surface area contributed by atoms with Crippen LogP contribution in [0, 0.1) is 0 Å². The molecule has 0 aromatic heterocycles. The lowest BCUT2D eigenvalue weighted by molar-refractivity contribution is -0.141. The van der Waals surface area contributed by atoms with E-state index in [0.717, 1.165) is 0 Å². The molecule has 0 saturated carbocycles. The maximum absolute atomic E-state index is 10.3. The number of hydrogen-bond acceptors (Lipinski definition) is 4. The molecule has 12 heavy (non-hydrogen) atoms. The largest absolute Gasteiger partial charge is 0.481 e. The van der Waals surface area contributed by atoms with Crippen LogP contribution in [0.15, 0.2) is 0 Å². The van der Waals surface area contributed by atoms with Crippen LogP contribution in [-0.4, -0.2) is 48.2 Å². The van der Waals surface area contributed by atoms with E-state index >= 15 is 0 Å². The van der Waals surface area contributed by atoms with Gasteiger partial charge in [0.05, 0.1) is 19.1 Å². The number of hydrogen-bond donors (Lipinski definition) is 2. The average Bonchev–Trinajstić information content (AvgIpc) is 2.30. The fraction of sp³-hybridized carbons (Fsp3) is 0.857. The lowest BCUT2D eigenvalue weighted by atomic mass is 10.1. The minimum atomic E-state index is -0.948. The number of carboxylic acids is 1. The van der Waals surface area contributed by atoms with E-state index in [1.54, 1.807) is 0 Å². The van der Waals surface area contributed by atoms with Crippen LogP contribution in [0.2, 0.25) is 0 Å². The summed E-state index contributed by atoms with van der Waals surface area (Å²) in [6.45, 7) is 0.149. The van der Waals surface area contributed by atoms with E-state index in [1.807, 2.05) is 0 Å². The molecular weight excluding hydrogens is 164 g/mol. The van der Waals surface area contributed by atoms with Crippen molar-refractivity contribution in [2.24, 2.45) is 0 Å². The molecule has 70 valence electrons. The molecule has 3 unspecified atom stereocenters. The summed E-state index contributed by atoms with van der Waals surface area (Å²) < 4.78 is 9.92. The zero-order valence-electron chi connectivity index (χ0n) is 6.77. The quantitative estimate of drug-likeness (QED) is 0.591. The Bertz CT molecular complexity index is 169. The number of aliphatic hydroxyl groups excluding tert-OH is 1. The topological polar surface area (TPSA) is 76.0 Å². The summed E-state index contributed by atoms with van der Waals surface area (Å²) in [6, 6.07) is 0. The van der Waals surface area contributed by atoms with Crippen molar-refractivity contribution >= 4 is 5.97 Å². The molecule has 3 atom stereocenters. The summed E-state index contributed by atoms with van der Waals surface area (Å²) in [5.41, 5.74) is 0. The fourth-order valence-corrected chi connectivity index (χ4v) is 1.32. The maximum atomic E-state index is 10.3. The van der Waals surface area contributed by atoms with Gasteiger partial charge in [0.25, 0.3) is 0 Å². The molecule has 2 N–H and O–H groups in total. The van der Waals surface area contributed by atoms with E-state index in [2.05, 4.69) is 0 Å². The van der Waals surface area contributed by atoms with E-state index < -0.39 is 24.3 Å². The summed E-state index contributed by atoms with van der Waals surface area (Å²) in [6.07, 6.45) is -1.88. The average molecular weight is 176 g/mol. The standard InChI is InChI=1S/C7H12O5/c1-11-7-4(8)3-12-5(7)2-6(9)10/h4-5,7-8H,2-3H2,1H3,(H,9,10). The second kappa shape index (κ2) is 3.84. The predicted molar refractivity (Wildman–Crippen MR) is 38.8 cm³/mol. The van der Waals surface area contributed by atoms with E-state index in [-0.39, 0.29) is 13.0 Å². The van der Waals surface area contributed by atoms with Gasteiger partial charge in [-0.3, -0.25) is 4.79 Å². The van der Waals surface area contributed by atoms with Crippen molar-refractivity contribution in [2.75, 3.05) is 13.7 Å². The van der Waals surface area contributed by atoms with Gasteiger partial charge in [-0.2, -0.15) is 0 Å². The Labute approximate surface area is 69.9 Å². The second-order valence-corrected chi connectivity index (χ2v) is 2.74. The normalized spacial score (nSPS) is 35.3. The molecule has 0 aromatic rings. The Morgan fingerprint density at radius 3 is 2.92 bits per heavy atom. The molecule has 0 amide bonds. The number of methoxy groups -OCH3 is 1. The molecule has 1 aliphatic heterocycles. The van der Waals surface area contributed by atoms with Crippen molar-refractivity contribution in [2.45, 2.75) is 24.7 Å². The molecule has 1 saturated heterocycles. The van der Waals surface area contributed by atoms with Crippen LogP contribution < -0.4 is 0 Å². The first-order valence-electron chi connectivity index (χ1n) is 3.69. The molecule has 0 spiro atoms. The van der Waals surface area contributed by atoms with Crippen molar-refractivity contribution in [1.29, 1.82) is 0 Å². The molecule has 0 aromatic carbocycles. The Balaban J connectivity index is 2.48. The Hall–Kier alpha value is -0.650. The van der Waals surface area contributed by atoms with E-state index in [0.29, 0.717) is 0 Å². The van der Waals surface area contributed by atoms with Crippen LogP contribution in [0.1, 0.15) is 6.42 Å². The van der Waals surface area contributed by atoms with Crippen molar-refractivity contribution in [3.63, 3.8) is 0 Å². The van der Waals surface area contributed by atoms with E-state index in [9.17, 15) is 9.90 Å². The van der Waals surface area contributed by atoms with Crippen LogP contribution in [0.5, 0.6) is 0 Å². The third kappa shape index (κ3) is 1.94. The van der Waals surface area contributed by atoms with Crippen molar-refractivity contribution < 1.29 is 24.5 Å². The van der Waals surface area contributed by atoms with Crippen molar-refractivity contribution in [3.8, 4) is 0 Å². The molecule has 0 radical (unpaired) electrons. The Morgan fingerprint density at radius 2 is 2.42 bits per heavy atom. The van der Waals surface area contributed by atoms with Gasteiger partial charge in [-0.25, -0.2) is 0 Å². The third-order valence-electron chi connectivity index (χ3n) is 1.87. The number of aliphatic carboxylic acids is 1. The molecule has 1 rings (SSSR count). The van der Waals surface area contributed by atoms with Crippen LogP contribution in [-0.2, 0) is 14.3 Å². The molecule has 1 fully saturated rings. The zero-order valence-corrected chi connectivity index (χ0v) is 6.77. The van der Waals surface area contributed by atoms with Crippen molar-refractivity contribution in [3.05, 3.63) is 0 Å². The minimum absolute atomic E-state index is 0.129. The lowest BCUT2D eigenvalue weighted by Crippen LogP contribution is -2.33. The van der Waals surface area contributed by atoms with Gasteiger partial charge in [0.1, 0.15) is 12.2 Å². The summed E-state index contributed by atoms with van der Waals surface area (Å²) in [4.78, 5) is 10.3. The molecule has 1 aliphatic rings. The number of rotatable bonds is 3. The molecule has 5 heteroatoms. The Morgan fingerprint density at radius 1 is 1.75 bits per heavy atom. The first-order chi connectivity index (χ1) is 5.65. The number of carbonyl (C=O) groups is 1. The highest BCUT2D eigenvalue weighted by molar-refractivity contribution is 5.67. The van der Waals surface area contributed by atoms with Crippen LogP contribution in [0.3, 0.4) is 0 Å². The Kier molecular flexibility index (Phi) is 3.02. The fourth-order valence-electron chi connectivity index (χ4n) is 1.32. The van der Waals surface area contributed by atoms with Gasteiger partial charge in [-0.1, -0.05) is 0 Å². The first-order valence-corrected chi connectivity index (χ1v) is 3.69. The van der Waals surface area contributed by atoms with Gasteiger partial charge in [0, 0.05) is 7.11 Å². The predicted octanol–water partition coefficient (Wildman–Crippen LogP) is -0.764. The molecule has 1 heterocycles. The lowest BCUT2D eigenvalue weighted by Gasteiger charge is -2.16. The molecule has 0 aliphatic carbocycles. The highest BCUT2D eigenvalue weighted by Crippen LogP contribution is 2.19. The molecule has 5 nitrogen and oxygen atoms in total. The van der Waals surface area contributed by atoms with E-state index in [1.165, 1.54) is 7.11 Å². The first kappa shape index (κ1) is 9.44. The number of aliphatic hydroxyl groups is 1. The summed E-state index contributed by atoms with van der Waals surface area (Å²) in [5, 5.41) is 17.7. The highest BCUT2D eigenvalue weighted by atomic mass is 16.6. The number of carboxylic acid groups (broad SMARTS) is 1. The minimum Gasteiger partial charge on any atom is -0.481 e. The zero-order chi connectivity index (χ0) is 9.14. The van der Waals surface area contributed by atoms with Gasteiger partial charge in [0.2, 0.25) is 0 Å². The van der Waals surface area contributed by atoms with Crippen LogP contribution in [0.4, 0.5) is 0 Å². The maximum Gasteiger partial charge on any atom is 0.306 e. The van der Waals surface area contributed by atoms with E-state index in [4.69, 9.17) is 14.6 Å².